The van der Waals surface area contributed by atoms with E-state index in [1.807, 2.05) is 0 Å². The third-order valence-electron chi connectivity index (χ3n) is 1.19. The first-order valence-corrected chi connectivity index (χ1v) is 2.60. The van der Waals surface area contributed by atoms with E-state index in [9.17, 15) is 0 Å². The number of hydrogen-bond donors (Lipinski definition) is 0. The van der Waals surface area contributed by atoms with Crippen molar-refractivity contribution in [2.24, 2.45) is 5.92 Å². The van der Waals surface area contributed by atoms with Crippen molar-refractivity contribution in [2.75, 3.05) is 0 Å². The molecule has 41 valence electrons. The Morgan fingerprint density at radius 1 is 1.57 bits per heavy atom. The van der Waals surface area contributed by atoms with Gasteiger partial charge < -0.3 is 6.92 Å². The normalized spacial score (nSPS) is 12.4. The molecule has 0 aromatic carbocycles. The fourth-order valence-corrected chi connectivity index (χ4v) is 0.204. The van der Waals surface area contributed by atoms with Crippen LogP contribution < -0.4 is 0 Å². The molecule has 0 spiro atoms. The van der Waals surface area contributed by atoms with E-state index in [-0.39, 0.29) is 32.7 Å². The van der Waals surface area contributed by atoms with Gasteiger partial charge in [-0.2, -0.15) is 6.42 Å². The van der Waals surface area contributed by atoms with E-state index >= 15 is 0 Å². The van der Waals surface area contributed by atoms with Crippen LogP contribution in [0.25, 0.3) is 0 Å². The van der Waals surface area contributed by atoms with Crippen molar-refractivity contribution in [3.8, 4) is 0 Å². The maximum absolute atomic E-state index is 3.76. The maximum Gasteiger partial charge on any atom is 0 e. The molecule has 0 aromatic heterocycles. The molecule has 1 heteroatoms. The first kappa shape index (κ1) is 11.0. The van der Waals surface area contributed by atoms with Gasteiger partial charge in [0.2, 0.25) is 0 Å². The molecule has 0 saturated heterocycles. The van der Waals surface area contributed by atoms with Gasteiger partial charge >= 0.3 is 0 Å². The van der Waals surface area contributed by atoms with Gasteiger partial charge in [0.25, 0.3) is 0 Å². The molecule has 0 aliphatic rings. The molecule has 1 unspecified atom stereocenters. The van der Waals surface area contributed by atoms with E-state index in [0.29, 0.717) is 0 Å². The van der Waals surface area contributed by atoms with Crippen LogP contribution in [0.1, 0.15) is 26.7 Å². The molecule has 0 saturated carbocycles. The summed E-state index contributed by atoms with van der Waals surface area (Å²) in [7, 11) is 0. The molecule has 0 aromatic rings. The molecule has 0 bridgehead atoms. The summed E-state index contributed by atoms with van der Waals surface area (Å²) in [6.45, 7) is 8.16. The first-order chi connectivity index (χ1) is 2.81. The van der Waals surface area contributed by atoms with E-state index in [1.54, 1.807) is 0 Å². The van der Waals surface area contributed by atoms with Crippen molar-refractivity contribution in [1.29, 1.82) is 0 Å². The van der Waals surface area contributed by atoms with Gasteiger partial charge in [-0.25, -0.2) is 0 Å². The van der Waals surface area contributed by atoms with Crippen LogP contribution in [-0.2, 0) is 32.7 Å². The molecule has 1 radical (unpaired) electrons. The molecule has 0 heterocycles. The Morgan fingerprint density at radius 2 is 2.00 bits per heavy atom. The standard InChI is InChI=1S/C6H13.Y/c1-4-6(3)5-2;/h6H,1,4-5H2,2-3H3;/q-1;. The molecule has 0 nitrogen and oxygen atoms in total. The second-order valence-corrected chi connectivity index (χ2v) is 1.80. The summed E-state index contributed by atoms with van der Waals surface area (Å²) in [4.78, 5) is 0. The molecular weight excluding hydrogens is 161 g/mol. The zero-order chi connectivity index (χ0) is 4.99. The van der Waals surface area contributed by atoms with E-state index in [2.05, 4.69) is 20.8 Å². The van der Waals surface area contributed by atoms with Crippen LogP contribution in [0.15, 0.2) is 0 Å². The van der Waals surface area contributed by atoms with Gasteiger partial charge in [0.1, 0.15) is 0 Å². The largest absolute Gasteiger partial charge is 0.343 e. The molecule has 0 aliphatic heterocycles. The average molecular weight is 174 g/mol. The quantitative estimate of drug-likeness (QED) is 0.563. The molecule has 0 N–H and O–H groups in total. The van der Waals surface area contributed by atoms with Crippen LogP contribution >= 0.6 is 0 Å². The zero-order valence-corrected chi connectivity index (χ0v) is 8.11. The van der Waals surface area contributed by atoms with Gasteiger partial charge in [-0.1, -0.05) is 26.2 Å². The van der Waals surface area contributed by atoms with Crippen LogP contribution in [0.4, 0.5) is 0 Å². The SMILES string of the molecule is [CH2-]CC(C)CC.[Y]. The minimum atomic E-state index is 0. The molecule has 0 aliphatic carbocycles. The summed E-state index contributed by atoms with van der Waals surface area (Å²) in [6, 6.07) is 0. The van der Waals surface area contributed by atoms with E-state index in [1.165, 1.54) is 6.42 Å². The minimum absolute atomic E-state index is 0. The summed E-state index contributed by atoms with van der Waals surface area (Å²) < 4.78 is 0. The molecule has 0 amide bonds. The van der Waals surface area contributed by atoms with Gasteiger partial charge in [0.15, 0.2) is 0 Å². The Morgan fingerprint density at radius 3 is 2.00 bits per heavy atom. The van der Waals surface area contributed by atoms with Crippen LogP contribution in [-0.4, -0.2) is 0 Å². The van der Waals surface area contributed by atoms with Crippen LogP contribution in [0.3, 0.4) is 0 Å². The second kappa shape index (κ2) is 7.10. The summed E-state index contributed by atoms with van der Waals surface area (Å²) >= 11 is 0. The van der Waals surface area contributed by atoms with Gasteiger partial charge in [-0.05, 0) is 0 Å². The Hall–Kier alpha value is 1.10. The Kier molecular flexibility index (Phi) is 11.1. The van der Waals surface area contributed by atoms with E-state index in [0.717, 1.165) is 12.3 Å². The number of rotatable bonds is 2. The Balaban J connectivity index is 0. The third-order valence-corrected chi connectivity index (χ3v) is 1.19. The molecule has 1 atom stereocenters. The zero-order valence-electron chi connectivity index (χ0n) is 5.28. The minimum Gasteiger partial charge on any atom is -0.343 e. The summed E-state index contributed by atoms with van der Waals surface area (Å²) in [5.41, 5.74) is 0. The third kappa shape index (κ3) is 7.10. The maximum atomic E-state index is 3.76. The summed E-state index contributed by atoms with van der Waals surface area (Å²) in [5.74, 6) is 0.824. The van der Waals surface area contributed by atoms with Gasteiger partial charge in [-0.3, -0.25) is 0 Å². The number of hydrogen-bond acceptors (Lipinski definition) is 0. The van der Waals surface area contributed by atoms with Crippen LogP contribution in [0.2, 0.25) is 0 Å². The van der Waals surface area contributed by atoms with Gasteiger partial charge in [-0.15, -0.1) is 0 Å². The van der Waals surface area contributed by atoms with Crippen molar-refractivity contribution in [3.05, 3.63) is 6.92 Å². The first-order valence-electron chi connectivity index (χ1n) is 2.60. The van der Waals surface area contributed by atoms with Gasteiger partial charge in [0, 0.05) is 32.7 Å². The van der Waals surface area contributed by atoms with Crippen molar-refractivity contribution >= 4 is 0 Å². The summed E-state index contributed by atoms with van der Waals surface area (Å²) in [5, 5.41) is 0. The van der Waals surface area contributed by atoms with Crippen molar-refractivity contribution < 1.29 is 32.7 Å². The molecule has 7 heavy (non-hydrogen) atoms. The van der Waals surface area contributed by atoms with Gasteiger partial charge in [0.05, 0.1) is 0 Å². The fourth-order valence-electron chi connectivity index (χ4n) is 0.204. The van der Waals surface area contributed by atoms with E-state index in [4.69, 9.17) is 0 Å². The molecule has 0 fully saturated rings. The predicted molar refractivity (Wildman–Crippen MR) is 29.4 cm³/mol. The topological polar surface area (TPSA) is 0 Å². The predicted octanol–water partition coefficient (Wildman–Crippen LogP) is 2.25. The van der Waals surface area contributed by atoms with Crippen LogP contribution in [0.5, 0.6) is 0 Å². The average Bonchev–Trinajstić information content (AvgIpc) is 1.65. The van der Waals surface area contributed by atoms with Crippen molar-refractivity contribution in [3.63, 3.8) is 0 Å². The van der Waals surface area contributed by atoms with Crippen molar-refractivity contribution in [2.45, 2.75) is 26.7 Å². The molecule has 0 rings (SSSR count). The summed E-state index contributed by atoms with van der Waals surface area (Å²) in [6.07, 6.45) is 2.35. The Labute approximate surface area is 71.9 Å². The van der Waals surface area contributed by atoms with Crippen LogP contribution in [0, 0.1) is 12.8 Å². The monoisotopic (exact) mass is 174 g/mol. The smallest absolute Gasteiger partial charge is 0 e. The molecular formula is C6H13Y-. The second-order valence-electron chi connectivity index (χ2n) is 1.80. The fraction of sp³-hybridized carbons (Fsp3) is 0.833. The van der Waals surface area contributed by atoms with E-state index < -0.39 is 0 Å². The Bertz CT molecular complexity index is 23.4. The van der Waals surface area contributed by atoms with Crippen molar-refractivity contribution in [1.82, 2.24) is 0 Å².